The smallest absolute Gasteiger partial charge is 0.309 e. The molecule has 184 valence electrons. The van der Waals surface area contributed by atoms with Crippen LogP contribution in [-0.2, 0) is 14.3 Å². The minimum absolute atomic E-state index is 0.0392. The van der Waals surface area contributed by atoms with Gasteiger partial charge in [-0.3, -0.25) is 9.59 Å². The third kappa shape index (κ3) is 7.59. The summed E-state index contributed by atoms with van der Waals surface area (Å²) in [6.45, 7) is 10.8. The van der Waals surface area contributed by atoms with Crippen molar-refractivity contribution in [1.29, 1.82) is 0 Å². The van der Waals surface area contributed by atoms with E-state index >= 15 is 0 Å². The number of esters is 1. The number of hydrogen-bond donors (Lipinski definition) is 2. The first-order valence-electron chi connectivity index (χ1n) is 11.8. The number of Topliss-reactive ketones (excluding diaryl/α,β-unsaturated/α-hetero) is 1. The molecule has 0 aromatic carbocycles. The van der Waals surface area contributed by atoms with Gasteiger partial charge in [0.15, 0.2) is 0 Å². The summed E-state index contributed by atoms with van der Waals surface area (Å²) in [5, 5.41) is 24.4. The molecule has 0 bridgehead atoms. The lowest BCUT2D eigenvalue weighted by Crippen LogP contribution is -2.45. The number of allylic oxidation sites excluding steroid dienone is 1. The van der Waals surface area contributed by atoms with Gasteiger partial charge in [-0.2, -0.15) is 0 Å². The number of carbonyl (C=O) groups excluding carboxylic acids is 2. The number of ether oxygens (including phenoxy) is 1. The minimum Gasteiger partial charge on any atom is -0.457 e. The van der Waals surface area contributed by atoms with Crippen LogP contribution < -0.4 is 0 Å². The van der Waals surface area contributed by atoms with Crippen molar-refractivity contribution < 1.29 is 24.5 Å². The fourth-order valence-corrected chi connectivity index (χ4v) is 4.75. The summed E-state index contributed by atoms with van der Waals surface area (Å²) in [5.41, 5.74) is 0.513. The van der Waals surface area contributed by atoms with E-state index in [-0.39, 0.29) is 18.1 Å². The molecule has 0 aliphatic carbocycles. The number of aromatic nitrogens is 1. The van der Waals surface area contributed by atoms with Crippen LogP contribution in [0.1, 0.15) is 77.4 Å². The van der Waals surface area contributed by atoms with Gasteiger partial charge in [0.1, 0.15) is 11.9 Å². The lowest BCUT2D eigenvalue weighted by molar-refractivity contribution is -0.154. The van der Waals surface area contributed by atoms with Gasteiger partial charge in [-0.1, -0.05) is 39.8 Å². The van der Waals surface area contributed by atoms with E-state index < -0.39 is 35.6 Å². The van der Waals surface area contributed by atoms with Crippen molar-refractivity contribution in [1.82, 2.24) is 4.98 Å². The van der Waals surface area contributed by atoms with Crippen LogP contribution >= 0.6 is 11.3 Å². The van der Waals surface area contributed by atoms with Crippen LogP contribution in [0.4, 0.5) is 0 Å². The summed E-state index contributed by atoms with van der Waals surface area (Å²) < 4.78 is 5.75. The van der Waals surface area contributed by atoms with Gasteiger partial charge < -0.3 is 14.9 Å². The summed E-state index contributed by atoms with van der Waals surface area (Å²) in [7, 11) is 0. The second-order valence-corrected chi connectivity index (χ2v) is 10.9. The van der Waals surface area contributed by atoms with Crippen molar-refractivity contribution in [2.75, 3.05) is 0 Å². The Bertz CT molecular complexity index is 872. The lowest BCUT2D eigenvalue weighted by Gasteiger charge is -2.34. The van der Waals surface area contributed by atoms with Crippen molar-refractivity contribution in [3.8, 4) is 0 Å². The Hall–Kier alpha value is -1.83. The number of rotatable bonds is 2. The highest BCUT2D eigenvalue weighted by Crippen LogP contribution is 2.32. The standard InChI is InChI=1S/C26H39NO5S/c1-16-11-9-7-8-10-12-21(17(2)13-20-15-33-19(4)27-20)32-23(29)14-22(28)26(5,6)25(31)18(3)24(16)30/h8,10,13,15-16,18,21-22,24,28,30H,7,9,11-12,14H2,1-6H3/b10-8+,17-13+/t16-,18+,21+,22+,24+/m1/s1. The monoisotopic (exact) mass is 477 g/mol. The van der Waals surface area contributed by atoms with E-state index in [0.717, 1.165) is 35.5 Å². The number of aryl methyl sites for hydroxylation is 1. The van der Waals surface area contributed by atoms with E-state index in [9.17, 15) is 19.8 Å². The SMILES string of the molecule is C/C(=C\c1csc(C)n1)[C@@H]1C/C=C/CCC[C@@H](C)[C@H](O)[C@H](C)C(=O)C(C)(C)[C@@H](O)CC(=O)O1. The van der Waals surface area contributed by atoms with Gasteiger partial charge >= 0.3 is 5.97 Å². The van der Waals surface area contributed by atoms with Gasteiger partial charge in [0.2, 0.25) is 0 Å². The van der Waals surface area contributed by atoms with E-state index in [1.165, 1.54) is 0 Å². The van der Waals surface area contributed by atoms with Gasteiger partial charge in [-0.25, -0.2) is 4.98 Å². The molecule has 0 saturated heterocycles. The fraction of sp³-hybridized carbons (Fsp3) is 0.654. The van der Waals surface area contributed by atoms with Gasteiger partial charge in [0.05, 0.1) is 34.7 Å². The van der Waals surface area contributed by atoms with Crippen molar-refractivity contribution in [3.63, 3.8) is 0 Å². The van der Waals surface area contributed by atoms with E-state index in [1.54, 1.807) is 32.1 Å². The maximum absolute atomic E-state index is 13.1. The number of ketones is 1. The molecule has 1 aliphatic rings. The number of aliphatic hydroxyl groups excluding tert-OH is 2. The Balaban J connectivity index is 2.27. The summed E-state index contributed by atoms with van der Waals surface area (Å²) in [5.74, 6) is -1.48. The Labute approximate surface area is 201 Å². The van der Waals surface area contributed by atoms with E-state index in [2.05, 4.69) is 11.1 Å². The van der Waals surface area contributed by atoms with Gasteiger partial charge in [0.25, 0.3) is 0 Å². The Morgan fingerprint density at radius 3 is 2.58 bits per heavy atom. The molecule has 2 rings (SSSR count). The first-order valence-corrected chi connectivity index (χ1v) is 12.7. The molecule has 7 heteroatoms. The molecule has 33 heavy (non-hydrogen) atoms. The van der Waals surface area contributed by atoms with Crippen LogP contribution in [0.15, 0.2) is 23.1 Å². The Morgan fingerprint density at radius 2 is 1.94 bits per heavy atom. The van der Waals surface area contributed by atoms with Crippen LogP contribution in [0, 0.1) is 24.2 Å². The van der Waals surface area contributed by atoms with Crippen molar-refractivity contribution in [2.45, 2.75) is 92.0 Å². The van der Waals surface area contributed by atoms with Crippen LogP contribution in [0.2, 0.25) is 0 Å². The molecule has 0 spiro atoms. The highest BCUT2D eigenvalue weighted by atomic mass is 32.1. The highest BCUT2D eigenvalue weighted by molar-refractivity contribution is 7.09. The second-order valence-electron chi connectivity index (χ2n) is 9.86. The predicted molar refractivity (Wildman–Crippen MR) is 132 cm³/mol. The molecule has 1 aromatic heterocycles. The number of thiazole rings is 1. The van der Waals surface area contributed by atoms with Crippen LogP contribution in [0.3, 0.4) is 0 Å². The second kappa shape index (κ2) is 12.0. The third-order valence-electron chi connectivity index (χ3n) is 6.68. The maximum Gasteiger partial charge on any atom is 0.309 e. The first kappa shape index (κ1) is 27.4. The minimum atomic E-state index is -1.21. The zero-order valence-electron chi connectivity index (χ0n) is 20.7. The van der Waals surface area contributed by atoms with E-state index in [4.69, 9.17) is 4.74 Å². The molecular weight excluding hydrogens is 438 g/mol. The summed E-state index contributed by atoms with van der Waals surface area (Å²) in [4.78, 5) is 30.3. The van der Waals surface area contributed by atoms with E-state index in [0.29, 0.717) is 6.42 Å². The van der Waals surface area contributed by atoms with Gasteiger partial charge in [0, 0.05) is 17.7 Å². The highest BCUT2D eigenvalue weighted by Gasteiger charge is 2.42. The summed E-state index contributed by atoms with van der Waals surface area (Å²) in [6.07, 6.45) is 6.28. The van der Waals surface area contributed by atoms with Crippen LogP contribution in [0.5, 0.6) is 0 Å². The molecule has 1 aromatic rings. The van der Waals surface area contributed by atoms with Crippen LogP contribution in [0.25, 0.3) is 6.08 Å². The summed E-state index contributed by atoms with van der Waals surface area (Å²) in [6, 6.07) is 0. The number of carbonyl (C=O) groups is 2. The molecule has 0 radical (unpaired) electrons. The average molecular weight is 478 g/mol. The molecule has 0 unspecified atom stereocenters. The number of hydrogen-bond acceptors (Lipinski definition) is 7. The van der Waals surface area contributed by atoms with Crippen molar-refractivity contribution in [2.24, 2.45) is 17.3 Å². The fourth-order valence-electron chi connectivity index (χ4n) is 4.18. The first-order chi connectivity index (χ1) is 15.4. The normalized spacial score (nSPS) is 31.8. The van der Waals surface area contributed by atoms with Crippen LogP contribution in [-0.4, -0.2) is 45.3 Å². The molecule has 0 saturated carbocycles. The number of nitrogens with zero attached hydrogens (tertiary/aromatic N) is 1. The molecule has 2 heterocycles. The molecular formula is C26H39NO5S. The molecule has 5 atom stereocenters. The number of cyclic esters (lactones) is 1. The molecule has 0 amide bonds. The van der Waals surface area contributed by atoms with Crippen molar-refractivity contribution in [3.05, 3.63) is 33.8 Å². The molecule has 6 nitrogen and oxygen atoms in total. The topological polar surface area (TPSA) is 96.7 Å². The Morgan fingerprint density at radius 1 is 1.24 bits per heavy atom. The summed E-state index contributed by atoms with van der Waals surface area (Å²) >= 11 is 1.56. The maximum atomic E-state index is 13.1. The zero-order chi connectivity index (χ0) is 24.8. The largest absolute Gasteiger partial charge is 0.457 e. The third-order valence-corrected chi connectivity index (χ3v) is 7.47. The average Bonchev–Trinajstić information content (AvgIpc) is 3.16. The quantitative estimate of drug-likeness (QED) is 0.466. The molecule has 1 aliphatic heterocycles. The van der Waals surface area contributed by atoms with Gasteiger partial charge in [-0.15, -0.1) is 11.3 Å². The number of aliphatic hydroxyl groups is 2. The van der Waals surface area contributed by atoms with E-state index in [1.807, 2.05) is 38.3 Å². The lowest BCUT2D eigenvalue weighted by atomic mass is 9.73. The molecule has 2 N–H and O–H groups in total. The van der Waals surface area contributed by atoms with Crippen molar-refractivity contribution >= 4 is 29.2 Å². The Kier molecular flexibility index (Phi) is 10.0. The van der Waals surface area contributed by atoms with Gasteiger partial charge in [-0.05, 0) is 50.7 Å². The predicted octanol–water partition coefficient (Wildman–Crippen LogP) is 4.88. The zero-order valence-corrected chi connectivity index (χ0v) is 21.5. The molecule has 0 fully saturated rings.